The van der Waals surface area contributed by atoms with Crippen LogP contribution in [0.3, 0.4) is 0 Å². The molecular weight excluding hydrogens is 401 g/mol. The molecule has 0 bridgehead atoms. The zero-order valence-corrected chi connectivity index (χ0v) is 17.8. The first-order valence-corrected chi connectivity index (χ1v) is 11.0. The minimum atomic E-state index is -0.417. The Kier molecular flexibility index (Phi) is 7.86. The van der Waals surface area contributed by atoms with Crippen molar-refractivity contribution in [2.75, 3.05) is 30.8 Å². The standard InChI is InChI=1S/C23H26FN3O2S/c1-17(14-25)16-30-21-5-3-2-4-20(21)27-22(28)15-26-23(10-12-29-13-11-23)18-6-8-19(24)9-7-18/h2-9,17,26H,10-13,15-16H2,1H3,(H,27,28). The molecule has 30 heavy (non-hydrogen) atoms. The fourth-order valence-electron chi connectivity index (χ4n) is 3.45. The lowest BCUT2D eigenvalue weighted by atomic mass is 9.82. The number of nitrogens with one attached hydrogen (secondary N) is 2. The number of nitrogens with zero attached hydrogens (tertiary/aromatic N) is 1. The normalized spacial score (nSPS) is 16.4. The van der Waals surface area contributed by atoms with Gasteiger partial charge in [0.25, 0.3) is 0 Å². The molecule has 2 aromatic carbocycles. The monoisotopic (exact) mass is 427 g/mol. The van der Waals surface area contributed by atoms with Crippen LogP contribution >= 0.6 is 11.8 Å². The predicted molar refractivity (Wildman–Crippen MR) is 117 cm³/mol. The molecule has 1 atom stereocenters. The van der Waals surface area contributed by atoms with Gasteiger partial charge in [-0.1, -0.05) is 24.3 Å². The van der Waals surface area contributed by atoms with Crippen LogP contribution in [-0.4, -0.2) is 31.4 Å². The second-order valence-electron chi connectivity index (χ2n) is 7.44. The molecule has 158 valence electrons. The van der Waals surface area contributed by atoms with Crippen molar-refractivity contribution in [1.29, 1.82) is 5.26 Å². The number of hydrogen-bond acceptors (Lipinski definition) is 5. The topological polar surface area (TPSA) is 74.2 Å². The first-order valence-electron chi connectivity index (χ1n) is 10.0. The molecule has 7 heteroatoms. The van der Waals surface area contributed by atoms with Crippen molar-refractivity contribution in [3.8, 4) is 6.07 Å². The highest BCUT2D eigenvalue weighted by molar-refractivity contribution is 7.99. The highest BCUT2D eigenvalue weighted by Crippen LogP contribution is 2.32. The minimum Gasteiger partial charge on any atom is -0.381 e. The van der Waals surface area contributed by atoms with Crippen LogP contribution in [0, 0.1) is 23.1 Å². The van der Waals surface area contributed by atoms with E-state index in [-0.39, 0.29) is 24.2 Å². The third-order valence-electron chi connectivity index (χ3n) is 5.20. The van der Waals surface area contributed by atoms with Crippen LogP contribution in [0.1, 0.15) is 25.3 Å². The second kappa shape index (κ2) is 10.6. The van der Waals surface area contributed by atoms with Crippen LogP contribution in [0.5, 0.6) is 0 Å². The van der Waals surface area contributed by atoms with Crippen molar-refractivity contribution < 1.29 is 13.9 Å². The molecule has 1 heterocycles. The maximum Gasteiger partial charge on any atom is 0.238 e. The van der Waals surface area contributed by atoms with Gasteiger partial charge in [-0.2, -0.15) is 5.26 Å². The summed E-state index contributed by atoms with van der Waals surface area (Å²) in [4.78, 5) is 13.6. The molecule has 1 aliphatic rings. The second-order valence-corrected chi connectivity index (χ2v) is 8.50. The SMILES string of the molecule is CC(C#N)CSc1ccccc1NC(=O)CNC1(c2ccc(F)cc2)CCOCC1. The number of carbonyl (C=O) groups excluding carboxylic acids is 1. The average molecular weight is 428 g/mol. The number of rotatable bonds is 8. The van der Waals surface area contributed by atoms with Gasteiger partial charge in [-0.05, 0) is 49.6 Å². The van der Waals surface area contributed by atoms with Crippen molar-refractivity contribution >= 4 is 23.4 Å². The van der Waals surface area contributed by atoms with Gasteiger partial charge in [-0.3, -0.25) is 10.1 Å². The summed E-state index contributed by atoms with van der Waals surface area (Å²) in [5, 5.41) is 15.4. The Labute approximate surface area is 181 Å². The fourth-order valence-corrected chi connectivity index (χ4v) is 4.40. The maximum atomic E-state index is 13.4. The Morgan fingerprint density at radius 2 is 1.93 bits per heavy atom. The first kappa shape index (κ1) is 22.3. The predicted octanol–water partition coefficient (Wildman–Crippen LogP) is 4.31. The molecule has 1 aliphatic heterocycles. The number of anilines is 1. The molecule has 5 nitrogen and oxygen atoms in total. The van der Waals surface area contributed by atoms with Gasteiger partial charge in [0.05, 0.1) is 24.2 Å². The number of hydrogen-bond donors (Lipinski definition) is 2. The zero-order valence-electron chi connectivity index (χ0n) is 17.0. The molecular formula is C23H26FN3O2S. The number of carbonyl (C=O) groups is 1. The van der Waals surface area contributed by atoms with E-state index in [9.17, 15) is 9.18 Å². The quantitative estimate of drug-likeness (QED) is 0.614. The molecule has 2 N–H and O–H groups in total. The third-order valence-corrected chi connectivity index (χ3v) is 6.53. The summed E-state index contributed by atoms with van der Waals surface area (Å²) < 4.78 is 18.9. The van der Waals surface area contributed by atoms with Crippen LogP contribution in [-0.2, 0) is 15.1 Å². The van der Waals surface area contributed by atoms with E-state index in [1.807, 2.05) is 31.2 Å². The van der Waals surface area contributed by atoms with Crippen molar-refractivity contribution in [3.05, 3.63) is 59.9 Å². The number of halogens is 1. The first-order chi connectivity index (χ1) is 14.5. The van der Waals surface area contributed by atoms with Crippen molar-refractivity contribution in [2.45, 2.75) is 30.2 Å². The van der Waals surface area contributed by atoms with E-state index in [2.05, 4.69) is 16.7 Å². The lowest BCUT2D eigenvalue weighted by molar-refractivity contribution is -0.116. The van der Waals surface area contributed by atoms with E-state index in [0.29, 0.717) is 31.8 Å². The molecule has 3 rings (SSSR count). The van der Waals surface area contributed by atoms with Gasteiger partial charge in [0.2, 0.25) is 5.91 Å². The summed E-state index contributed by atoms with van der Waals surface area (Å²) in [6.45, 7) is 3.18. The number of benzene rings is 2. The summed E-state index contributed by atoms with van der Waals surface area (Å²) in [6, 6.07) is 16.3. The molecule has 1 amide bonds. The van der Waals surface area contributed by atoms with E-state index in [1.165, 1.54) is 12.1 Å². The molecule has 2 aromatic rings. The van der Waals surface area contributed by atoms with E-state index < -0.39 is 5.54 Å². The lowest BCUT2D eigenvalue weighted by Gasteiger charge is -2.38. The number of para-hydroxylation sites is 1. The van der Waals surface area contributed by atoms with Crippen LogP contribution in [0.4, 0.5) is 10.1 Å². The van der Waals surface area contributed by atoms with E-state index >= 15 is 0 Å². The van der Waals surface area contributed by atoms with Gasteiger partial charge in [-0.25, -0.2) is 4.39 Å². The zero-order chi connectivity index (χ0) is 21.4. The van der Waals surface area contributed by atoms with E-state index in [0.717, 1.165) is 16.1 Å². The average Bonchev–Trinajstić information content (AvgIpc) is 2.78. The lowest BCUT2D eigenvalue weighted by Crippen LogP contribution is -2.49. The van der Waals surface area contributed by atoms with Crippen LogP contribution in [0.15, 0.2) is 53.4 Å². The molecule has 0 radical (unpaired) electrons. The Morgan fingerprint density at radius 1 is 1.23 bits per heavy atom. The highest BCUT2D eigenvalue weighted by atomic mass is 32.2. The minimum absolute atomic E-state index is 0.0653. The number of ether oxygens (including phenoxy) is 1. The van der Waals surface area contributed by atoms with Crippen LogP contribution in [0.2, 0.25) is 0 Å². The van der Waals surface area contributed by atoms with Gasteiger partial charge in [-0.15, -0.1) is 11.8 Å². The number of thioether (sulfide) groups is 1. The Bertz CT molecular complexity index is 892. The van der Waals surface area contributed by atoms with Gasteiger partial charge in [0.1, 0.15) is 5.82 Å². The summed E-state index contributed by atoms with van der Waals surface area (Å²) in [6.07, 6.45) is 1.43. The smallest absolute Gasteiger partial charge is 0.238 e. The van der Waals surface area contributed by atoms with Crippen LogP contribution in [0.25, 0.3) is 0 Å². The third kappa shape index (κ3) is 5.82. The van der Waals surface area contributed by atoms with Crippen molar-refractivity contribution in [3.63, 3.8) is 0 Å². The Hall–Kier alpha value is -2.40. The molecule has 1 saturated heterocycles. The summed E-state index contributed by atoms with van der Waals surface area (Å²) in [7, 11) is 0. The maximum absolute atomic E-state index is 13.4. The van der Waals surface area contributed by atoms with Gasteiger partial charge < -0.3 is 10.1 Å². The van der Waals surface area contributed by atoms with Crippen molar-refractivity contribution in [2.24, 2.45) is 5.92 Å². The number of nitriles is 1. The molecule has 1 fully saturated rings. The largest absolute Gasteiger partial charge is 0.381 e. The van der Waals surface area contributed by atoms with Gasteiger partial charge >= 0.3 is 0 Å². The van der Waals surface area contributed by atoms with E-state index in [1.54, 1.807) is 23.9 Å². The van der Waals surface area contributed by atoms with Crippen LogP contribution < -0.4 is 10.6 Å². The summed E-state index contributed by atoms with van der Waals surface area (Å²) in [5.41, 5.74) is 1.28. The highest BCUT2D eigenvalue weighted by Gasteiger charge is 2.34. The Balaban J connectivity index is 1.65. The molecule has 0 aromatic heterocycles. The molecule has 0 aliphatic carbocycles. The molecule has 0 saturated carbocycles. The summed E-state index contributed by atoms with van der Waals surface area (Å²) in [5.74, 6) is 0.169. The van der Waals surface area contributed by atoms with E-state index in [4.69, 9.17) is 10.00 Å². The Morgan fingerprint density at radius 3 is 2.63 bits per heavy atom. The number of amides is 1. The molecule has 1 unspecified atom stereocenters. The fraction of sp³-hybridized carbons (Fsp3) is 0.391. The molecule has 0 spiro atoms. The van der Waals surface area contributed by atoms with Gasteiger partial charge in [0.15, 0.2) is 0 Å². The van der Waals surface area contributed by atoms with Gasteiger partial charge in [0, 0.05) is 29.4 Å². The van der Waals surface area contributed by atoms with Crippen molar-refractivity contribution in [1.82, 2.24) is 5.32 Å². The summed E-state index contributed by atoms with van der Waals surface area (Å²) >= 11 is 1.56.